The van der Waals surface area contributed by atoms with Gasteiger partial charge in [-0.2, -0.15) is 0 Å². The van der Waals surface area contributed by atoms with Gasteiger partial charge in [-0.3, -0.25) is 9.59 Å². The Labute approximate surface area is 209 Å². The van der Waals surface area contributed by atoms with Crippen molar-refractivity contribution < 1.29 is 28.6 Å². The molecule has 2 aromatic rings. The maximum absolute atomic E-state index is 13.2. The van der Waals surface area contributed by atoms with Crippen molar-refractivity contribution in [3.05, 3.63) is 53.3 Å². The number of carbonyl (C=O) groups is 2. The Morgan fingerprint density at radius 2 is 1.80 bits per heavy atom. The van der Waals surface area contributed by atoms with Gasteiger partial charge in [-0.25, -0.2) is 4.39 Å². The summed E-state index contributed by atoms with van der Waals surface area (Å²) in [6, 6.07) is 10.9. The molecule has 2 aliphatic heterocycles. The summed E-state index contributed by atoms with van der Waals surface area (Å²) in [6.07, 6.45) is 3.09. The molecule has 7 nitrogen and oxygen atoms in total. The number of rotatable bonds is 8. The van der Waals surface area contributed by atoms with E-state index >= 15 is 0 Å². The molecule has 0 aromatic heterocycles. The fourth-order valence-electron chi connectivity index (χ4n) is 4.86. The lowest BCUT2D eigenvalue weighted by Gasteiger charge is -2.38. The van der Waals surface area contributed by atoms with Crippen LogP contribution in [0.1, 0.15) is 46.0 Å². The minimum Gasteiger partial charge on any atom is -0.490 e. The monoisotopic (exact) mass is 504 g/mol. The SMILES string of the molecule is CC(C)(O)CC(=O)Nc1cc(Cl)ccc1OCC(=O)N1C2CCC1CC(Oc1ccc(F)cc1)C2. The van der Waals surface area contributed by atoms with Crippen LogP contribution in [0.5, 0.6) is 11.5 Å². The van der Waals surface area contributed by atoms with Crippen LogP contribution >= 0.6 is 11.6 Å². The molecular weight excluding hydrogens is 475 g/mol. The molecule has 188 valence electrons. The summed E-state index contributed by atoms with van der Waals surface area (Å²) in [5.41, 5.74) is -0.820. The Bertz CT molecular complexity index is 1060. The van der Waals surface area contributed by atoms with Gasteiger partial charge in [0.2, 0.25) is 5.91 Å². The average Bonchev–Trinajstić information content (AvgIpc) is 3.04. The Balaban J connectivity index is 1.35. The molecule has 2 bridgehead atoms. The number of hydrogen-bond donors (Lipinski definition) is 2. The fourth-order valence-corrected chi connectivity index (χ4v) is 5.04. The minimum absolute atomic E-state index is 0.0308. The van der Waals surface area contributed by atoms with Crippen molar-refractivity contribution in [1.82, 2.24) is 4.90 Å². The van der Waals surface area contributed by atoms with Crippen LogP contribution in [0.25, 0.3) is 0 Å². The van der Waals surface area contributed by atoms with Gasteiger partial charge in [0.1, 0.15) is 23.4 Å². The van der Waals surface area contributed by atoms with Gasteiger partial charge in [0.05, 0.1) is 17.7 Å². The molecule has 0 radical (unpaired) electrons. The van der Waals surface area contributed by atoms with E-state index in [4.69, 9.17) is 21.1 Å². The summed E-state index contributed by atoms with van der Waals surface area (Å²) in [4.78, 5) is 27.3. The zero-order valence-electron chi connectivity index (χ0n) is 19.8. The predicted octanol–water partition coefficient (Wildman–Crippen LogP) is 4.56. The number of carbonyl (C=O) groups excluding carboxylic acids is 2. The Morgan fingerprint density at radius 3 is 2.43 bits per heavy atom. The van der Waals surface area contributed by atoms with Gasteiger partial charge in [-0.05, 0) is 69.2 Å². The lowest BCUT2D eigenvalue weighted by molar-refractivity contribution is -0.139. The number of hydrogen-bond acceptors (Lipinski definition) is 5. The zero-order chi connectivity index (χ0) is 25.2. The standard InChI is InChI=1S/C26H30ClFN2O5/c1-26(2,33)14-24(31)29-22-11-16(27)3-10-23(22)34-15-25(32)30-18-6-7-19(30)13-21(12-18)35-20-8-4-17(28)5-9-20/h3-5,8-11,18-19,21,33H,6-7,12-15H2,1-2H3,(H,29,31). The molecule has 2 unspecified atom stereocenters. The van der Waals surface area contributed by atoms with Crippen molar-refractivity contribution >= 4 is 29.1 Å². The molecule has 2 amide bonds. The molecule has 2 aliphatic rings. The lowest BCUT2D eigenvalue weighted by Crippen LogP contribution is -2.50. The van der Waals surface area contributed by atoms with Crippen LogP contribution in [0.15, 0.2) is 42.5 Å². The number of amides is 2. The summed E-state index contributed by atoms with van der Waals surface area (Å²) in [5.74, 6) is 0.131. The van der Waals surface area contributed by atoms with Crippen LogP contribution in [0.3, 0.4) is 0 Å². The Kier molecular flexibility index (Phi) is 7.52. The van der Waals surface area contributed by atoms with Crippen LogP contribution in [0.2, 0.25) is 5.02 Å². The lowest BCUT2D eigenvalue weighted by atomic mass is 9.99. The van der Waals surface area contributed by atoms with Crippen molar-refractivity contribution in [2.45, 2.75) is 69.7 Å². The number of nitrogens with zero attached hydrogens (tertiary/aromatic N) is 1. The summed E-state index contributed by atoms with van der Waals surface area (Å²) >= 11 is 6.08. The third kappa shape index (κ3) is 6.64. The highest BCUT2D eigenvalue weighted by Crippen LogP contribution is 2.38. The second kappa shape index (κ2) is 10.4. The third-order valence-corrected chi connectivity index (χ3v) is 6.49. The number of aliphatic hydroxyl groups is 1. The third-order valence-electron chi connectivity index (χ3n) is 6.25. The van der Waals surface area contributed by atoms with E-state index in [9.17, 15) is 19.1 Å². The van der Waals surface area contributed by atoms with Crippen LogP contribution in [0.4, 0.5) is 10.1 Å². The number of benzene rings is 2. The molecule has 35 heavy (non-hydrogen) atoms. The molecule has 2 saturated heterocycles. The molecule has 2 fully saturated rings. The fraction of sp³-hybridized carbons (Fsp3) is 0.462. The van der Waals surface area contributed by atoms with Crippen molar-refractivity contribution in [1.29, 1.82) is 0 Å². The predicted molar refractivity (Wildman–Crippen MR) is 130 cm³/mol. The molecule has 2 heterocycles. The van der Waals surface area contributed by atoms with Gasteiger partial charge in [-0.1, -0.05) is 11.6 Å². The van der Waals surface area contributed by atoms with Crippen molar-refractivity contribution in [3.63, 3.8) is 0 Å². The molecule has 2 atom stereocenters. The summed E-state index contributed by atoms with van der Waals surface area (Å²) in [7, 11) is 0. The maximum Gasteiger partial charge on any atom is 0.261 e. The number of ether oxygens (including phenoxy) is 2. The van der Waals surface area contributed by atoms with E-state index in [0.29, 0.717) is 35.1 Å². The maximum atomic E-state index is 13.2. The van der Waals surface area contributed by atoms with Crippen LogP contribution < -0.4 is 14.8 Å². The van der Waals surface area contributed by atoms with E-state index in [-0.39, 0.29) is 42.9 Å². The van der Waals surface area contributed by atoms with Crippen molar-refractivity contribution in [3.8, 4) is 11.5 Å². The average molecular weight is 505 g/mol. The summed E-state index contributed by atoms with van der Waals surface area (Å²) in [6.45, 7) is 2.91. The number of fused-ring (bicyclic) bond motifs is 2. The highest BCUT2D eigenvalue weighted by atomic mass is 35.5. The highest BCUT2D eigenvalue weighted by molar-refractivity contribution is 6.31. The van der Waals surface area contributed by atoms with Crippen molar-refractivity contribution in [2.75, 3.05) is 11.9 Å². The molecule has 0 saturated carbocycles. The normalized spacial score (nSPS) is 21.5. The summed E-state index contributed by atoms with van der Waals surface area (Å²) in [5, 5.41) is 13.0. The first-order valence-electron chi connectivity index (χ1n) is 11.8. The largest absolute Gasteiger partial charge is 0.490 e. The van der Waals surface area contributed by atoms with Gasteiger partial charge in [0.15, 0.2) is 6.61 Å². The Hall–Kier alpha value is -2.84. The molecule has 0 aliphatic carbocycles. The first-order valence-corrected chi connectivity index (χ1v) is 12.1. The smallest absolute Gasteiger partial charge is 0.261 e. The van der Waals surface area contributed by atoms with E-state index in [1.807, 2.05) is 4.90 Å². The van der Waals surface area contributed by atoms with Gasteiger partial charge in [-0.15, -0.1) is 0 Å². The van der Waals surface area contributed by atoms with E-state index in [0.717, 1.165) is 12.8 Å². The van der Waals surface area contributed by atoms with Crippen molar-refractivity contribution in [2.24, 2.45) is 0 Å². The topological polar surface area (TPSA) is 88.1 Å². The van der Waals surface area contributed by atoms with Gasteiger partial charge >= 0.3 is 0 Å². The molecule has 9 heteroatoms. The first-order chi connectivity index (χ1) is 16.6. The Morgan fingerprint density at radius 1 is 1.14 bits per heavy atom. The minimum atomic E-state index is -1.16. The van der Waals surface area contributed by atoms with Gasteiger partial charge in [0, 0.05) is 29.9 Å². The van der Waals surface area contributed by atoms with E-state index in [1.54, 1.807) is 44.2 Å². The van der Waals surface area contributed by atoms with Gasteiger partial charge < -0.3 is 24.8 Å². The first kappa shape index (κ1) is 25.3. The highest BCUT2D eigenvalue weighted by Gasteiger charge is 2.44. The number of nitrogens with one attached hydrogen (secondary N) is 1. The zero-order valence-corrected chi connectivity index (χ0v) is 20.6. The van der Waals surface area contributed by atoms with Crippen LogP contribution in [-0.2, 0) is 9.59 Å². The quantitative estimate of drug-likeness (QED) is 0.550. The van der Waals surface area contributed by atoms with E-state index in [2.05, 4.69) is 5.32 Å². The number of halogens is 2. The second-order valence-corrected chi connectivity index (χ2v) is 10.3. The molecular formula is C26H30ClFN2O5. The van der Waals surface area contributed by atoms with E-state index < -0.39 is 11.5 Å². The molecule has 0 spiro atoms. The van der Waals surface area contributed by atoms with Crippen LogP contribution in [-0.4, -0.2) is 52.2 Å². The second-order valence-electron chi connectivity index (χ2n) is 9.82. The molecule has 4 rings (SSSR count). The molecule has 2 N–H and O–H groups in total. The summed E-state index contributed by atoms with van der Waals surface area (Å²) < 4.78 is 25.0. The van der Waals surface area contributed by atoms with Gasteiger partial charge in [0.25, 0.3) is 5.91 Å². The molecule has 2 aromatic carbocycles. The van der Waals surface area contributed by atoms with E-state index in [1.165, 1.54) is 12.1 Å². The number of piperidine rings is 1. The number of anilines is 1. The van der Waals surface area contributed by atoms with Crippen LogP contribution in [0, 0.1) is 5.82 Å².